The Morgan fingerprint density at radius 3 is 2.33 bits per heavy atom. The molecule has 0 saturated heterocycles. The summed E-state index contributed by atoms with van der Waals surface area (Å²) in [4.78, 5) is 43.6. The summed E-state index contributed by atoms with van der Waals surface area (Å²) in [5.41, 5.74) is 5.06. The maximum atomic E-state index is 11.3. The lowest BCUT2D eigenvalue weighted by molar-refractivity contribution is -0.146. The van der Waals surface area contributed by atoms with Crippen LogP contribution >= 0.6 is 0 Å². The van der Waals surface area contributed by atoms with E-state index < -0.39 is 36.4 Å². The standard InChI is InChI=1S/C10H16N2O6/c1-6(13)18-5-8(14)12-7(10(11)16)3-4-9(15)17-2/h7H,3-5H2,1-2H3,(H2,11,16)(H,12,14)/t7-/m1/s1. The number of hydrogen-bond donors (Lipinski definition) is 2. The largest absolute Gasteiger partial charge is 0.469 e. The van der Waals surface area contributed by atoms with Crippen LogP contribution in [-0.4, -0.2) is 43.5 Å². The third-order valence-corrected chi connectivity index (χ3v) is 1.95. The number of primary amides is 1. The number of rotatable bonds is 7. The van der Waals surface area contributed by atoms with Crippen LogP contribution in [0.1, 0.15) is 19.8 Å². The fourth-order valence-corrected chi connectivity index (χ4v) is 1.05. The van der Waals surface area contributed by atoms with Crippen LogP contribution in [0.25, 0.3) is 0 Å². The summed E-state index contributed by atoms with van der Waals surface area (Å²) in [6.07, 6.45) is -0.0359. The van der Waals surface area contributed by atoms with Crippen molar-refractivity contribution in [3.8, 4) is 0 Å². The van der Waals surface area contributed by atoms with Crippen molar-refractivity contribution >= 4 is 23.8 Å². The predicted molar refractivity (Wildman–Crippen MR) is 59.0 cm³/mol. The Balaban J connectivity index is 4.18. The highest BCUT2D eigenvalue weighted by Crippen LogP contribution is 1.98. The minimum atomic E-state index is -1.01. The van der Waals surface area contributed by atoms with Gasteiger partial charge in [-0.2, -0.15) is 0 Å². The van der Waals surface area contributed by atoms with Gasteiger partial charge in [-0.25, -0.2) is 0 Å². The SMILES string of the molecule is COC(=O)CC[C@@H](NC(=O)COC(C)=O)C(N)=O. The molecule has 0 aliphatic carbocycles. The van der Waals surface area contributed by atoms with E-state index in [0.29, 0.717) is 0 Å². The van der Waals surface area contributed by atoms with Gasteiger partial charge in [0.05, 0.1) is 7.11 Å². The zero-order valence-electron chi connectivity index (χ0n) is 10.2. The number of ether oxygens (including phenoxy) is 2. The van der Waals surface area contributed by atoms with E-state index in [4.69, 9.17) is 5.73 Å². The van der Waals surface area contributed by atoms with Crippen LogP contribution in [0.2, 0.25) is 0 Å². The molecule has 0 radical (unpaired) electrons. The molecule has 0 aliphatic rings. The number of esters is 2. The molecule has 0 unspecified atom stereocenters. The molecule has 0 heterocycles. The van der Waals surface area contributed by atoms with E-state index in [1.807, 2.05) is 0 Å². The van der Waals surface area contributed by atoms with Gasteiger partial charge in [-0.1, -0.05) is 0 Å². The van der Waals surface area contributed by atoms with Crippen molar-refractivity contribution in [2.75, 3.05) is 13.7 Å². The maximum absolute atomic E-state index is 11.3. The van der Waals surface area contributed by atoms with Gasteiger partial charge in [0.15, 0.2) is 6.61 Å². The number of carbonyl (C=O) groups is 4. The molecule has 0 rings (SSSR count). The molecule has 8 heteroatoms. The molecular weight excluding hydrogens is 244 g/mol. The third-order valence-electron chi connectivity index (χ3n) is 1.95. The average Bonchev–Trinajstić information content (AvgIpc) is 2.30. The molecular formula is C10H16N2O6. The number of amides is 2. The fraction of sp³-hybridized carbons (Fsp3) is 0.600. The summed E-state index contributed by atoms with van der Waals surface area (Å²) < 4.78 is 8.83. The number of nitrogens with one attached hydrogen (secondary N) is 1. The van der Waals surface area contributed by atoms with E-state index in [2.05, 4.69) is 14.8 Å². The minimum absolute atomic E-state index is 0.0216. The fourth-order valence-electron chi connectivity index (χ4n) is 1.05. The van der Waals surface area contributed by atoms with Crippen LogP contribution in [-0.2, 0) is 28.7 Å². The first kappa shape index (κ1) is 15.9. The molecule has 3 N–H and O–H groups in total. The van der Waals surface area contributed by atoms with E-state index in [9.17, 15) is 19.2 Å². The Hall–Kier alpha value is -2.12. The van der Waals surface area contributed by atoms with Gasteiger partial charge in [-0.15, -0.1) is 0 Å². The summed E-state index contributed by atoms with van der Waals surface area (Å²) >= 11 is 0. The monoisotopic (exact) mass is 260 g/mol. The van der Waals surface area contributed by atoms with E-state index in [-0.39, 0.29) is 12.8 Å². The average molecular weight is 260 g/mol. The van der Waals surface area contributed by atoms with Gasteiger partial charge >= 0.3 is 11.9 Å². The zero-order valence-corrected chi connectivity index (χ0v) is 10.2. The van der Waals surface area contributed by atoms with Crippen LogP contribution in [0.4, 0.5) is 0 Å². The van der Waals surface area contributed by atoms with Gasteiger partial charge in [0.25, 0.3) is 5.91 Å². The summed E-state index contributed by atoms with van der Waals surface area (Å²) in [5, 5.41) is 2.25. The molecule has 0 aliphatic heterocycles. The van der Waals surface area contributed by atoms with Crippen molar-refractivity contribution in [1.82, 2.24) is 5.32 Å². The summed E-state index contributed by atoms with van der Waals surface area (Å²) in [7, 11) is 1.21. The van der Waals surface area contributed by atoms with Gasteiger partial charge in [0.1, 0.15) is 6.04 Å². The Labute approximate surface area is 104 Å². The van der Waals surface area contributed by atoms with Crippen molar-refractivity contribution in [3.05, 3.63) is 0 Å². The molecule has 18 heavy (non-hydrogen) atoms. The van der Waals surface area contributed by atoms with Crippen molar-refractivity contribution in [3.63, 3.8) is 0 Å². The van der Waals surface area contributed by atoms with E-state index in [0.717, 1.165) is 6.92 Å². The molecule has 0 aromatic heterocycles. The highest BCUT2D eigenvalue weighted by molar-refractivity contribution is 5.88. The quantitative estimate of drug-likeness (QED) is 0.535. The molecule has 0 spiro atoms. The summed E-state index contributed by atoms with van der Waals surface area (Å²) in [6.45, 7) is 0.646. The normalized spacial score (nSPS) is 11.2. The molecule has 0 fully saturated rings. The van der Waals surface area contributed by atoms with E-state index >= 15 is 0 Å². The number of carbonyl (C=O) groups excluding carboxylic acids is 4. The second kappa shape index (κ2) is 8.04. The first-order chi connectivity index (χ1) is 8.36. The van der Waals surface area contributed by atoms with Crippen molar-refractivity contribution in [1.29, 1.82) is 0 Å². The molecule has 2 amide bonds. The topological polar surface area (TPSA) is 125 Å². The molecule has 8 nitrogen and oxygen atoms in total. The lowest BCUT2D eigenvalue weighted by atomic mass is 10.1. The lowest BCUT2D eigenvalue weighted by Gasteiger charge is -2.14. The molecule has 0 aromatic rings. The summed E-state index contributed by atoms with van der Waals surface area (Å²) in [6, 6.07) is -1.01. The molecule has 102 valence electrons. The molecule has 1 atom stereocenters. The highest BCUT2D eigenvalue weighted by Gasteiger charge is 2.19. The van der Waals surface area contributed by atoms with Crippen molar-refractivity contribution in [2.24, 2.45) is 5.73 Å². The van der Waals surface area contributed by atoms with E-state index in [1.165, 1.54) is 7.11 Å². The van der Waals surface area contributed by atoms with Crippen LogP contribution < -0.4 is 11.1 Å². The molecule has 0 saturated carbocycles. The van der Waals surface area contributed by atoms with Gasteiger partial charge in [-0.3, -0.25) is 19.2 Å². The first-order valence-electron chi connectivity index (χ1n) is 5.15. The Bertz CT molecular complexity index is 341. The van der Waals surface area contributed by atoms with Crippen LogP contribution in [0.15, 0.2) is 0 Å². The third kappa shape index (κ3) is 7.20. The number of hydrogen-bond acceptors (Lipinski definition) is 6. The second-order valence-corrected chi connectivity index (χ2v) is 3.42. The Morgan fingerprint density at radius 1 is 1.28 bits per heavy atom. The second-order valence-electron chi connectivity index (χ2n) is 3.42. The van der Waals surface area contributed by atoms with Crippen molar-refractivity contribution < 1.29 is 28.7 Å². The van der Waals surface area contributed by atoms with Crippen molar-refractivity contribution in [2.45, 2.75) is 25.8 Å². The number of methoxy groups -OCH3 is 1. The van der Waals surface area contributed by atoms with Gasteiger partial charge in [0, 0.05) is 13.3 Å². The molecule has 0 aromatic carbocycles. The van der Waals surface area contributed by atoms with Crippen LogP contribution in [0, 0.1) is 0 Å². The van der Waals surface area contributed by atoms with Crippen LogP contribution in [0.5, 0.6) is 0 Å². The van der Waals surface area contributed by atoms with Gasteiger partial charge in [-0.05, 0) is 6.42 Å². The van der Waals surface area contributed by atoms with Crippen LogP contribution in [0.3, 0.4) is 0 Å². The maximum Gasteiger partial charge on any atom is 0.305 e. The first-order valence-corrected chi connectivity index (χ1v) is 5.15. The zero-order chi connectivity index (χ0) is 14.1. The predicted octanol–water partition coefficient (Wildman–Crippen LogP) is -1.53. The minimum Gasteiger partial charge on any atom is -0.469 e. The smallest absolute Gasteiger partial charge is 0.305 e. The molecule has 0 bridgehead atoms. The van der Waals surface area contributed by atoms with Gasteiger partial charge in [0.2, 0.25) is 5.91 Å². The Kier molecular flexibility index (Phi) is 7.10. The summed E-state index contributed by atoms with van der Waals surface area (Å²) in [5.74, 6) is -2.58. The lowest BCUT2D eigenvalue weighted by Crippen LogP contribution is -2.46. The van der Waals surface area contributed by atoms with E-state index in [1.54, 1.807) is 0 Å². The Morgan fingerprint density at radius 2 is 1.89 bits per heavy atom. The number of nitrogens with two attached hydrogens (primary N) is 1. The highest BCUT2D eigenvalue weighted by atomic mass is 16.5. The van der Waals surface area contributed by atoms with Gasteiger partial charge < -0.3 is 20.5 Å².